The number of rotatable bonds is 6. The Kier molecular flexibility index (Phi) is 4.89. The monoisotopic (exact) mass is 242 g/mol. The summed E-state index contributed by atoms with van der Waals surface area (Å²) in [5, 5.41) is 12.9. The highest BCUT2D eigenvalue weighted by molar-refractivity contribution is 7.09. The molecule has 0 fully saturated rings. The zero-order valence-electron chi connectivity index (χ0n) is 10.7. The molecule has 0 bridgehead atoms. The van der Waals surface area contributed by atoms with Crippen molar-refractivity contribution in [3.63, 3.8) is 0 Å². The second-order valence-electron chi connectivity index (χ2n) is 5.01. The van der Waals surface area contributed by atoms with Crippen molar-refractivity contribution in [3.8, 4) is 0 Å². The Morgan fingerprint density at radius 3 is 2.69 bits per heavy atom. The summed E-state index contributed by atoms with van der Waals surface area (Å²) in [6, 6.07) is 0. The number of aliphatic hydroxyl groups is 1. The van der Waals surface area contributed by atoms with Crippen LogP contribution in [-0.4, -0.2) is 40.7 Å². The van der Waals surface area contributed by atoms with Crippen LogP contribution >= 0.6 is 11.3 Å². The molecule has 0 aromatic carbocycles. The maximum absolute atomic E-state index is 9.66. The molecule has 1 N–H and O–H groups in total. The highest BCUT2D eigenvalue weighted by Gasteiger charge is 2.14. The normalized spacial score (nSPS) is 12.4. The number of aryl methyl sites for hydroxylation is 2. The lowest BCUT2D eigenvalue weighted by atomic mass is 10.1. The topological polar surface area (TPSA) is 36.4 Å². The summed E-state index contributed by atoms with van der Waals surface area (Å²) in [5.74, 6) is 0. The molecule has 0 saturated carbocycles. The van der Waals surface area contributed by atoms with Crippen LogP contribution in [0.1, 0.15) is 31.0 Å². The molecule has 0 spiro atoms. The number of thiazole rings is 1. The molecule has 0 saturated heterocycles. The minimum Gasteiger partial charge on any atom is -0.389 e. The van der Waals surface area contributed by atoms with Crippen LogP contribution in [0.3, 0.4) is 0 Å². The van der Waals surface area contributed by atoms with E-state index in [0.717, 1.165) is 24.4 Å². The summed E-state index contributed by atoms with van der Waals surface area (Å²) < 4.78 is 0. The molecular formula is C12H22N2OS. The zero-order valence-corrected chi connectivity index (χ0v) is 11.5. The van der Waals surface area contributed by atoms with Crippen molar-refractivity contribution in [1.82, 2.24) is 9.88 Å². The van der Waals surface area contributed by atoms with Crippen LogP contribution in [-0.2, 0) is 6.42 Å². The average molecular weight is 242 g/mol. The summed E-state index contributed by atoms with van der Waals surface area (Å²) >= 11 is 1.71. The fourth-order valence-electron chi connectivity index (χ4n) is 1.79. The first kappa shape index (κ1) is 13.6. The molecule has 3 nitrogen and oxygen atoms in total. The van der Waals surface area contributed by atoms with E-state index in [4.69, 9.17) is 0 Å². The lowest BCUT2D eigenvalue weighted by Crippen LogP contribution is -2.36. The summed E-state index contributed by atoms with van der Waals surface area (Å²) in [7, 11) is 2.05. The molecule has 92 valence electrons. The van der Waals surface area contributed by atoms with E-state index in [9.17, 15) is 5.11 Å². The van der Waals surface area contributed by atoms with Gasteiger partial charge in [-0.2, -0.15) is 0 Å². The molecule has 0 unspecified atom stereocenters. The van der Waals surface area contributed by atoms with Gasteiger partial charge in [0.05, 0.1) is 16.3 Å². The summed E-state index contributed by atoms with van der Waals surface area (Å²) in [6.07, 6.45) is 2.12. The molecule has 0 aliphatic rings. The molecule has 16 heavy (non-hydrogen) atoms. The molecule has 0 radical (unpaired) electrons. The van der Waals surface area contributed by atoms with E-state index in [0.29, 0.717) is 6.54 Å². The van der Waals surface area contributed by atoms with Crippen LogP contribution in [0.25, 0.3) is 0 Å². The van der Waals surface area contributed by atoms with Gasteiger partial charge in [0.15, 0.2) is 0 Å². The third-order valence-electron chi connectivity index (χ3n) is 2.30. The summed E-state index contributed by atoms with van der Waals surface area (Å²) in [4.78, 5) is 6.60. The van der Waals surface area contributed by atoms with Gasteiger partial charge < -0.3 is 10.0 Å². The molecular weight excluding hydrogens is 220 g/mol. The van der Waals surface area contributed by atoms with Gasteiger partial charge in [-0.3, -0.25) is 0 Å². The second-order valence-corrected chi connectivity index (χ2v) is 6.07. The Morgan fingerprint density at radius 1 is 1.50 bits per heavy atom. The molecule has 1 rings (SSSR count). The van der Waals surface area contributed by atoms with Gasteiger partial charge in [0.2, 0.25) is 0 Å². The Hall–Kier alpha value is -0.450. The SMILES string of the molecule is Cc1nc(CCCN(C)CC(C)(C)O)cs1. The van der Waals surface area contributed by atoms with Gasteiger partial charge in [-0.25, -0.2) is 4.98 Å². The fourth-order valence-corrected chi connectivity index (χ4v) is 2.44. The van der Waals surface area contributed by atoms with Crippen molar-refractivity contribution in [2.45, 2.75) is 39.2 Å². The van der Waals surface area contributed by atoms with Crippen molar-refractivity contribution in [3.05, 3.63) is 16.1 Å². The summed E-state index contributed by atoms with van der Waals surface area (Å²) in [5.41, 5.74) is 0.588. The molecule has 0 aliphatic heterocycles. The molecule has 0 atom stereocenters. The number of hydrogen-bond acceptors (Lipinski definition) is 4. The number of nitrogens with zero attached hydrogens (tertiary/aromatic N) is 2. The van der Waals surface area contributed by atoms with Crippen LogP contribution in [0.5, 0.6) is 0 Å². The average Bonchev–Trinajstić information content (AvgIpc) is 2.48. The first-order valence-corrected chi connectivity index (χ1v) is 6.57. The minimum atomic E-state index is -0.605. The number of hydrogen-bond donors (Lipinski definition) is 1. The first-order valence-electron chi connectivity index (χ1n) is 5.69. The lowest BCUT2D eigenvalue weighted by molar-refractivity contribution is 0.0444. The van der Waals surface area contributed by atoms with Crippen LogP contribution in [0.4, 0.5) is 0 Å². The highest BCUT2D eigenvalue weighted by atomic mass is 32.1. The lowest BCUT2D eigenvalue weighted by Gasteiger charge is -2.25. The Balaban J connectivity index is 2.20. The quantitative estimate of drug-likeness (QED) is 0.830. The minimum absolute atomic E-state index is 0.605. The van der Waals surface area contributed by atoms with E-state index in [-0.39, 0.29) is 0 Å². The molecule has 1 aromatic rings. The smallest absolute Gasteiger partial charge is 0.0897 e. The third-order valence-corrected chi connectivity index (χ3v) is 3.12. The van der Waals surface area contributed by atoms with Crippen LogP contribution in [0.15, 0.2) is 5.38 Å². The number of aromatic nitrogens is 1. The predicted octanol–water partition coefficient (Wildman–Crippen LogP) is 2.09. The number of likely N-dealkylation sites (N-methyl/N-ethyl adjacent to an activating group) is 1. The van der Waals surface area contributed by atoms with Gasteiger partial charge in [0, 0.05) is 11.9 Å². The zero-order chi connectivity index (χ0) is 12.2. The van der Waals surface area contributed by atoms with E-state index in [1.807, 2.05) is 27.8 Å². The van der Waals surface area contributed by atoms with Gasteiger partial charge in [-0.05, 0) is 47.2 Å². The van der Waals surface area contributed by atoms with Crippen LogP contribution in [0.2, 0.25) is 0 Å². The van der Waals surface area contributed by atoms with Crippen molar-refractivity contribution >= 4 is 11.3 Å². The van der Waals surface area contributed by atoms with E-state index in [2.05, 4.69) is 15.3 Å². The Bertz CT molecular complexity index is 317. The van der Waals surface area contributed by atoms with Crippen LogP contribution < -0.4 is 0 Å². The highest BCUT2D eigenvalue weighted by Crippen LogP contribution is 2.10. The van der Waals surface area contributed by atoms with Crippen molar-refractivity contribution in [2.24, 2.45) is 0 Å². The predicted molar refractivity (Wildman–Crippen MR) is 69.0 cm³/mol. The maximum Gasteiger partial charge on any atom is 0.0897 e. The molecule has 1 aromatic heterocycles. The molecule has 0 aliphatic carbocycles. The van der Waals surface area contributed by atoms with Gasteiger partial charge >= 0.3 is 0 Å². The third kappa shape index (κ3) is 5.58. The van der Waals surface area contributed by atoms with Crippen molar-refractivity contribution in [2.75, 3.05) is 20.1 Å². The fraction of sp³-hybridized carbons (Fsp3) is 0.750. The van der Waals surface area contributed by atoms with Gasteiger partial charge in [0.1, 0.15) is 0 Å². The van der Waals surface area contributed by atoms with Crippen LogP contribution in [0, 0.1) is 6.92 Å². The molecule has 4 heteroatoms. The maximum atomic E-state index is 9.66. The van der Waals surface area contributed by atoms with E-state index in [1.165, 1.54) is 5.69 Å². The first-order chi connectivity index (χ1) is 7.37. The van der Waals surface area contributed by atoms with E-state index < -0.39 is 5.60 Å². The van der Waals surface area contributed by atoms with Gasteiger partial charge in [-0.1, -0.05) is 0 Å². The van der Waals surface area contributed by atoms with Gasteiger partial charge in [0.25, 0.3) is 0 Å². The Morgan fingerprint density at radius 2 is 2.19 bits per heavy atom. The van der Waals surface area contributed by atoms with E-state index in [1.54, 1.807) is 11.3 Å². The summed E-state index contributed by atoms with van der Waals surface area (Å²) in [6.45, 7) is 7.43. The second kappa shape index (κ2) is 5.75. The largest absolute Gasteiger partial charge is 0.389 e. The van der Waals surface area contributed by atoms with Crippen molar-refractivity contribution < 1.29 is 5.11 Å². The van der Waals surface area contributed by atoms with Gasteiger partial charge in [-0.15, -0.1) is 11.3 Å². The van der Waals surface area contributed by atoms with Crippen molar-refractivity contribution in [1.29, 1.82) is 0 Å². The van der Waals surface area contributed by atoms with E-state index >= 15 is 0 Å². The molecule has 1 heterocycles. The molecule has 0 amide bonds. The standard InChI is InChI=1S/C12H22N2OS/c1-10-13-11(8-16-10)6-5-7-14(4)9-12(2,3)15/h8,15H,5-7,9H2,1-4H3. The Labute approximate surface area is 102 Å².